The van der Waals surface area contributed by atoms with Crippen molar-refractivity contribution in [3.8, 4) is 12.3 Å². The van der Waals surface area contributed by atoms with Gasteiger partial charge in [-0.3, -0.25) is 4.57 Å². The number of imidazole rings is 1. The highest BCUT2D eigenvalue weighted by atomic mass is 16.7. The quantitative estimate of drug-likeness (QED) is 0.150. The number of anilines is 1. The Morgan fingerprint density at radius 3 is 2.67 bits per heavy atom. The second-order valence-electron chi connectivity index (χ2n) is 18.1. The van der Waals surface area contributed by atoms with E-state index in [9.17, 15) is 9.90 Å². The molecular weight excluding hydrogens is 654 g/mol. The predicted molar refractivity (Wildman–Crippen MR) is 201 cm³/mol. The molecule has 284 valence electrons. The molecule has 5 aliphatic rings. The Hall–Kier alpha value is -3.16. The minimum absolute atomic E-state index is 0.153. The largest absolute Gasteiger partial charge is 0.508 e. The molecule has 10 nitrogen and oxygen atoms in total. The molecule has 2 aromatic heterocycles. The van der Waals surface area contributed by atoms with Crippen LogP contribution in [0.25, 0.3) is 11.2 Å². The maximum Gasteiger partial charge on any atom is 0.508 e. The number of aliphatic hydroxyl groups is 1. The van der Waals surface area contributed by atoms with Gasteiger partial charge >= 0.3 is 6.16 Å². The number of aromatic nitrogens is 4. The summed E-state index contributed by atoms with van der Waals surface area (Å²) in [4.78, 5) is 26.1. The molecule has 52 heavy (non-hydrogen) atoms. The predicted octanol–water partition coefficient (Wildman–Crippen LogP) is 8.18. The third kappa shape index (κ3) is 6.32. The number of hydrogen-bond donors (Lipinski definition) is 2. The molecule has 3 saturated carbocycles. The number of nitrogen functional groups attached to an aromatic ring is 1. The van der Waals surface area contributed by atoms with Gasteiger partial charge in [0.2, 0.25) is 0 Å². The molecule has 12 atom stereocenters. The highest BCUT2D eigenvalue weighted by Crippen LogP contribution is 2.67. The molecule has 3 N–H and O–H groups in total. The molecule has 0 spiro atoms. The van der Waals surface area contributed by atoms with Crippen molar-refractivity contribution < 1.29 is 24.1 Å². The van der Waals surface area contributed by atoms with E-state index in [1.165, 1.54) is 44.1 Å². The lowest BCUT2D eigenvalue weighted by Gasteiger charge is -2.58. The normalized spacial score (nSPS) is 38.2. The summed E-state index contributed by atoms with van der Waals surface area (Å²) in [7, 11) is 0. The maximum absolute atomic E-state index is 13.1. The molecule has 1 saturated heterocycles. The molecule has 10 heteroatoms. The van der Waals surface area contributed by atoms with Gasteiger partial charge in [0.25, 0.3) is 0 Å². The van der Waals surface area contributed by atoms with Crippen LogP contribution in [0, 0.1) is 71.5 Å². The zero-order valence-electron chi connectivity index (χ0n) is 32.4. The lowest BCUT2D eigenvalue weighted by molar-refractivity contribution is -0.103. The number of hydrogen-bond acceptors (Lipinski definition) is 9. The number of rotatable bonds is 9. The second-order valence-corrected chi connectivity index (χ2v) is 18.1. The van der Waals surface area contributed by atoms with Crippen molar-refractivity contribution in [3.63, 3.8) is 0 Å². The van der Waals surface area contributed by atoms with Gasteiger partial charge in [0, 0.05) is 12.8 Å². The molecule has 0 unspecified atom stereocenters. The van der Waals surface area contributed by atoms with E-state index in [2.05, 4.69) is 68.5 Å². The Morgan fingerprint density at radius 2 is 1.92 bits per heavy atom. The van der Waals surface area contributed by atoms with Gasteiger partial charge in [-0.1, -0.05) is 72.0 Å². The SMILES string of the molecule is C#C[C@]1(COC(=O)O[C@H]2CC[C@@]3(C)C(=CC[C@H]4[C@@H]5CC[C@H]([C@H](C)CC[C@@H](C)C(C)C)[C@@]5(C)CC[C@@H]43)C2)O[C@@H](n2cnc3c(N)nc(C)nc32)C[C@@H]1O. The molecule has 1 aliphatic heterocycles. The van der Waals surface area contributed by atoms with Gasteiger partial charge in [-0.25, -0.2) is 19.7 Å². The van der Waals surface area contributed by atoms with Gasteiger partial charge in [0.15, 0.2) is 17.1 Å². The molecule has 3 heterocycles. The third-order valence-corrected chi connectivity index (χ3v) is 15.1. The number of fused-ring (bicyclic) bond motifs is 6. The van der Waals surface area contributed by atoms with Crippen LogP contribution in [0.2, 0.25) is 0 Å². The van der Waals surface area contributed by atoms with E-state index < -0.39 is 24.1 Å². The maximum atomic E-state index is 13.1. The van der Waals surface area contributed by atoms with E-state index >= 15 is 0 Å². The summed E-state index contributed by atoms with van der Waals surface area (Å²) in [6, 6.07) is 0. The van der Waals surface area contributed by atoms with E-state index in [0.29, 0.717) is 28.3 Å². The van der Waals surface area contributed by atoms with Gasteiger partial charge < -0.3 is 25.1 Å². The highest BCUT2D eigenvalue weighted by Gasteiger charge is 2.59. The van der Waals surface area contributed by atoms with Crippen molar-refractivity contribution in [3.05, 3.63) is 23.8 Å². The Kier molecular flexibility index (Phi) is 9.95. The first-order valence-electron chi connectivity index (χ1n) is 20.0. The Balaban J connectivity index is 0.952. The van der Waals surface area contributed by atoms with Crippen LogP contribution < -0.4 is 5.73 Å². The average molecular weight is 716 g/mol. The number of terminal acetylenes is 1. The molecule has 2 aromatic rings. The fraction of sp³-hybridized carbons (Fsp3) is 0.762. The van der Waals surface area contributed by atoms with Crippen LogP contribution in [0.1, 0.15) is 124 Å². The number of aryl methyl sites for hydroxylation is 1. The summed E-state index contributed by atoms with van der Waals surface area (Å²) < 4.78 is 19.4. The van der Waals surface area contributed by atoms with Crippen molar-refractivity contribution in [1.29, 1.82) is 0 Å². The van der Waals surface area contributed by atoms with Crippen LogP contribution in [0.5, 0.6) is 0 Å². The summed E-state index contributed by atoms with van der Waals surface area (Å²) in [5.41, 5.74) is 7.48. The van der Waals surface area contributed by atoms with E-state index in [1.54, 1.807) is 17.8 Å². The van der Waals surface area contributed by atoms with Crippen molar-refractivity contribution in [2.24, 2.45) is 52.3 Å². The van der Waals surface area contributed by atoms with Gasteiger partial charge in [-0.15, -0.1) is 6.42 Å². The van der Waals surface area contributed by atoms with E-state index in [1.807, 2.05) is 0 Å². The third-order valence-electron chi connectivity index (χ3n) is 15.1. The van der Waals surface area contributed by atoms with Crippen molar-refractivity contribution in [2.75, 3.05) is 12.3 Å². The van der Waals surface area contributed by atoms with E-state index in [0.717, 1.165) is 61.2 Å². The number of ether oxygens (including phenoxy) is 3. The Labute approximate surface area is 310 Å². The van der Waals surface area contributed by atoms with Gasteiger partial charge in [-0.05, 0) is 104 Å². The zero-order chi connectivity index (χ0) is 37.2. The fourth-order valence-electron chi connectivity index (χ4n) is 11.6. The Morgan fingerprint density at radius 1 is 1.13 bits per heavy atom. The number of allylic oxidation sites excluding steroid dienone is 1. The molecule has 0 radical (unpaired) electrons. The van der Waals surface area contributed by atoms with Crippen LogP contribution in [-0.4, -0.2) is 55.2 Å². The molecular formula is C42H61N5O5. The number of aliphatic hydroxyl groups excluding tert-OH is 1. The van der Waals surface area contributed by atoms with Gasteiger partial charge in [-0.2, -0.15) is 0 Å². The zero-order valence-corrected chi connectivity index (χ0v) is 32.4. The highest BCUT2D eigenvalue weighted by molar-refractivity contribution is 5.81. The molecule has 4 aliphatic carbocycles. The van der Waals surface area contributed by atoms with Crippen LogP contribution in [0.4, 0.5) is 10.6 Å². The summed E-state index contributed by atoms with van der Waals surface area (Å²) in [5.74, 6) is 8.74. The first kappa shape index (κ1) is 37.2. The number of nitrogens with zero attached hydrogens (tertiary/aromatic N) is 4. The lowest BCUT2D eigenvalue weighted by Crippen LogP contribution is -2.51. The summed E-state index contributed by atoms with van der Waals surface area (Å²) in [6.07, 6.45) is 19.1. The minimum Gasteiger partial charge on any atom is -0.431 e. The topological polar surface area (TPSA) is 135 Å². The standard InChI is InChI=1S/C42H61N5O5/c1-9-42(34(48)21-35(52-42)47-23-44-36-37(43)45-27(6)46-38(36)47)22-50-39(49)51-29-16-18-40(7)28(20-29)12-13-30-32-15-14-31(41(32,8)19-17-33(30)40)26(5)11-10-25(4)24(2)3/h1,12,23-26,29-35,48H,10-11,13-22H2,2-8H3,(H2,43,45,46)/t25-,26-,29+,30+,31-,32+,33+,34+,35-,40+,41-,42-/m1/s1. The fourth-order valence-corrected chi connectivity index (χ4v) is 11.6. The number of carbonyl (C=O) groups is 1. The smallest absolute Gasteiger partial charge is 0.431 e. The average Bonchev–Trinajstić information content (AvgIpc) is 3.79. The monoisotopic (exact) mass is 715 g/mol. The molecule has 4 fully saturated rings. The summed E-state index contributed by atoms with van der Waals surface area (Å²) in [6.45, 7) is 16.2. The van der Waals surface area contributed by atoms with Gasteiger partial charge in [0.1, 0.15) is 36.4 Å². The Bertz CT molecular complexity index is 1730. The molecule has 7 rings (SSSR count). The van der Waals surface area contributed by atoms with Crippen LogP contribution in [0.3, 0.4) is 0 Å². The van der Waals surface area contributed by atoms with E-state index in [4.69, 9.17) is 26.4 Å². The molecule has 0 aromatic carbocycles. The minimum atomic E-state index is -1.54. The first-order chi connectivity index (χ1) is 24.7. The van der Waals surface area contributed by atoms with Crippen molar-refractivity contribution in [1.82, 2.24) is 19.5 Å². The second kappa shape index (κ2) is 13.9. The molecule has 0 amide bonds. The van der Waals surface area contributed by atoms with Gasteiger partial charge in [0.05, 0.1) is 6.33 Å². The number of nitrogens with two attached hydrogens (primary N) is 1. The van der Waals surface area contributed by atoms with Crippen molar-refractivity contribution in [2.45, 2.75) is 143 Å². The first-order valence-corrected chi connectivity index (χ1v) is 20.0. The van der Waals surface area contributed by atoms with Crippen LogP contribution in [-0.2, 0) is 14.2 Å². The summed E-state index contributed by atoms with van der Waals surface area (Å²) >= 11 is 0. The van der Waals surface area contributed by atoms with E-state index in [-0.39, 0.29) is 30.4 Å². The summed E-state index contributed by atoms with van der Waals surface area (Å²) in [5, 5.41) is 11.1. The molecule has 0 bridgehead atoms. The van der Waals surface area contributed by atoms with Crippen LogP contribution >= 0.6 is 0 Å². The lowest BCUT2D eigenvalue weighted by atomic mass is 9.47. The number of carbonyl (C=O) groups excluding carboxylic acids is 1. The van der Waals surface area contributed by atoms with Crippen molar-refractivity contribution >= 4 is 23.1 Å². The van der Waals surface area contributed by atoms with Crippen LogP contribution in [0.15, 0.2) is 18.0 Å².